The molecule has 1 aliphatic carbocycles. The van der Waals surface area contributed by atoms with Crippen molar-refractivity contribution in [2.75, 3.05) is 6.54 Å². The molecular formula is C11H21N. The zero-order valence-corrected chi connectivity index (χ0v) is 8.18. The van der Waals surface area contributed by atoms with Gasteiger partial charge in [0.2, 0.25) is 0 Å². The lowest BCUT2D eigenvalue weighted by molar-refractivity contribution is 0.385. The molecule has 1 saturated carbocycles. The second-order valence-corrected chi connectivity index (χ2v) is 3.86. The van der Waals surface area contributed by atoms with Crippen molar-refractivity contribution in [2.45, 2.75) is 45.1 Å². The summed E-state index contributed by atoms with van der Waals surface area (Å²) >= 11 is 0. The average Bonchev–Trinajstić information content (AvgIpc) is 2.56. The molecular weight excluding hydrogens is 146 g/mol. The van der Waals surface area contributed by atoms with Crippen LogP contribution in [0.5, 0.6) is 0 Å². The summed E-state index contributed by atoms with van der Waals surface area (Å²) in [5.74, 6) is 0.940. The van der Waals surface area contributed by atoms with E-state index in [9.17, 15) is 0 Å². The van der Waals surface area contributed by atoms with Gasteiger partial charge in [0.1, 0.15) is 0 Å². The molecule has 1 unspecified atom stereocenters. The van der Waals surface area contributed by atoms with E-state index in [1.54, 1.807) is 0 Å². The first-order chi connectivity index (χ1) is 5.84. The third-order valence-corrected chi connectivity index (χ3v) is 2.92. The Morgan fingerprint density at radius 1 is 1.50 bits per heavy atom. The topological polar surface area (TPSA) is 12.0 Å². The zero-order valence-electron chi connectivity index (χ0n) is 8.18. The quantitative estimate of drug-likeness (QED) is 0.490. The van der Waals surface area contributed by atoms with E-state index in [4.69, 9.17) is 0 Å². The molecule has 1 fully saturated rings. The van der Waals surface area contributed by atoms with Gasteiger partial charge in [-0.3, -0.25) is 0 Å². The highest BCUT2D eigenvalue weighted by molar-refractivity contribution is 4.78. The van der Waals surface area contributed by atoms with E-state index in [1.165, 1.54) is 25.7 Å². The molecule has 1 atom stereocenters. The van der Waals surface area contributed by atoms with Crippen molar-refractivity contribution in [3.63, 3.8) is 0 Å². The lowest BCUT2D eigenvalue weighted by Crippen LogP contribution is -2.32. The molecule has 0 aromatic heterocycles. The summed E-state index contributed by atoms with van der Waals surface area (Å²) in [6.45, 7) is 7.13. The molecule has 1 aliphatic rings. The second-order valence-electron chi connectivity index (χ2n) is 3.86. The van der Waals surface area contributed by atoms with Gasteiger partial charge in [0, 0.05) is 6.04 Å². The lowest BCUT2D eigenvalue weighted by atomic mass is 10.00. The molecule has 0 heterocycles. The molecule has 1 nitrogen and oxygen atoms in total. The maximum atomic E-state index is 3.72. The molecule has 70 valence electrons. The maximum Gasteiger partial charge on any atom is 0.00671 e. The van der Waals surface area contributed by atoms with Crippen molar-refractivity contribution in [3.05, 3.63) is 12.7 Å². The maximum absolute atomic E-state index is 3.72. The number of rotatable bonds is 5. The number of hydrogen-bond donors (Lipinski definition) is 1. The van der Waals surface area contributed by atoms with Gasteiger partial charge in [-0.1, -0.05) is 18.9 Å². The highest BCUT2D eigenvalue weighted by Gasteiger charge is 2.20. The lowest BCUT2D eigenvalue weighted by Gasteiger charge is -2.19. The molecule has 0 aromatic rings. The van der Waals surface area contributed by atoms with Gasteiger partial charge >= 0.3 is 0 Å². The smallest absolute Gasteiger partial charge is 0.00671 e. The number of nitrogens with one attached hydrogen (secondary N) is 1. The van der Waals surface area contributed by atoms with Crippen LogP contribution in [0.3, 0.4) is 0 Å². The molecule has 0 spiro atoms. The van der Waals surface area contributed by atoms with Crippen LogP contribution in [0.25, 0.3) is 0 Å². The molecule has 0 amide bonds. The van der Waals surface area contributed by atoms with E-state index >= 15 is 0 Å². The van der Waals surface area contributed by atoms with Crippen LogP contribution < -0.4 is 5.32 Å². The Labute approximate surface area is 76.2 Å². The summed E-state index contributed by atoms with van der Waals surface area (Å²) < 4.78 is 0. The van der Waals surface area contributed by atoms with Crippen LogP contribution in [0, 0.1) is 5.92 Å². The van der Waals surface area contributed by atoms with Crippen molar-refractivity contribution in [3.8, 4) is 0 Å². The third-order valence-electron chi connectivity index (χ3n) is 2.92. The van der Waals surface area contributed by atoms with Crippen LogP contribution in [-0.4, -0.2) is 12.6 Å². The molecule has 1 heteroatoms. The van der Waals surface area contributed by atoms with Gasteiger partial charge in [-0.15, -0.1) is 6.58 Å². The Morgan fingerprint density at radius 3 is 2.75 bits per heavy atom. The van der Waals surface area contributed by atoms with E-state index in [1.807, 2.05) is 6.08 Å². The van der Waals surface area contributed by atoms with E-state index in [0.29, 0.717) is 6.04 Å². The fourth-order valence-electron chi connectivity index (χ4n) is 2.04. The van der Waals surface area contributed by atoms with Gasteiger partial charge in [0.25, 0.3) is 0 Å². The minimum absolute atomic E-state index is 0.715. The van der Waals surface area contributed by atoms with Gasteiger partial charge < -0.3 is 5.32 Å². The highest BCUT2D eigenvalue weighted by Crippen LogP contribution is 2.27. The fraction of sp³-hybridized carbons (Fsp3) is 0.818. The van der Waals surface area contributed by atoms with Crippen molar-refractivity contribution in [1.29, 1.82) is 0 Å². The standard InChI is InChI=1S/C11H21N/c1-3-4-9-12-10(2)11-7-5-6-8-11/h3,10-12H,1,4-9H2,2H3. The zero-order chi connectivity index (χ0) is 8.81. The van der Waals surface area contributed by atoms with Gasteiger partial charge in [-0.2, -0.15) is 0 Å². The van der Waals surface area contributed by atoms with Crippen LogP contribution in [-0.2, 0) is 0 Å². The Kier molecular flexibility index (Phi) is 4.37. The van der Waals surface area contributed by atoms with Crippen molar-refractivity contribution >= 4 is 0 Å². The minimum atomic E-state index is 0.715. The molecule has 1 N–H and O–H groups in total. The Balaban J connectivity index is 2.09. The predicted octanol–water partition coefficient (Wildman–Crippen LogP) is 2.73. The SMILES string of the molecule is C=CCCNC(C)C1CCCC1. The van der Waals surface area contributed by atoms with E-state index < -0.39 is 0 Å². The Morgan fingerprint density at radius 2 is 2.17 bits per heavy atom. The summed E-state index contributed by atoms with van der Waals surface area (Å²) in [6.07, 6.45) is 8.83. The van der Waals surface area contributed by atoms with Gasteiger partial charge in [0.15, 0.2) is 0 Å². The molecule has 0 saturated heterocycles. The molecule has 0 radical (unpaired) electrons. The first-order valence-corrected chi connectivity index (χ1v) is 5.19. The summed E-state index contributed by atoms with van der Waals surface area (Å²) in [5, 5.41) is 3.55. The fourth-order valence-corrected chi connectivity index (χ4v) is 2.04. The van der Waals surface area contributed by atoms with Crippen molar-refractivity contribution in [1.82, 2.24) is 5.32 Å². The van der Waals surface area contributed by atoms with Crippen molar-refractivity contribution in [2.24, 2.45) is 5.92 Å². The molecule has 0 aliphatic heterocycles. The number of hydrogen-bond acceptors (Lipinski definition) is 1. The summed E-state index contributed by atoms with van der Waals surface area (Å²) in [7, 11) is 0. The van der Waals surface area contributed by atoms with E-state index in [-0.39, 0.29) is 0 Å². The van der Waals surface area contributed by atoms with Gasteiger partial charge in [-0.25, -0.2) is 0 Å². The van der Waals surface area contributed by atoms with Crippen LogP contribution in [0.2, 0.25) is 0 Å². The van der Waals surface area contributed by atoms with E-state index in [0.717, 1.165) is 18.9 Å². The van der Waals surface area contributed by atoms with Crippen LogP contribution in [0.4, 0.5) is 0 Å². The summed E-state index contributed by atoms with van der Waals surface area (Å²) in [6, 6.07) is 0.715. The second kappa shape index (κ2) is 5.36. The Bertz CT molecular complexity index is 125. The monoisotopic (exact) mass is 167 g/mol. The average molecular weight is 167 g/mol. The van der Waals surface area contributed by atoms with Crippen LogP contribution >= 0.6 is 0 Å². The van der Waals surface area contributed by atoms with Crippen molar-refractivity contribution < 1.29 is 0 Å². The molecule has 0 bridgehead atoms. The molecule has 1 rings (SSSR count). The van der Waals surface area contributed by atoms with Crippen LogP contribution in [0.1, 0.15) is 39.0 Å². The Hall–Kier alpha value is -0.300. The minimum Gasteiger partial charge on any atom is -0.314 e. The first-order valence-electron chi connectivity index (χ1n) is 5.19. The molecule has 12 heavy (non-hydrogen) atoms. The summed E-state index contributed by atoms with van der Waals surface area (Å²) in [5.41, 5.74) is 0. The molecule has 0 aromatic carbocycles. The van der Waals surface area contributed by atoms with Crippen LogP contribution in [0.15, 0.2) is 12.7 Å². The summed E-state index contributed by atoms with van der Waals surface area (Å²) in [4.78, 5) is 0. The largest absolute Gasteiger partial charge is 0.314 e. The van der Waals surface area contributed by atoms with Gasteiger partial charge in [-0.05, 0) is 38.6 Å². The normalized spacial score (nSPS) is 21.1. The highest BCUT2D eigenvalue weighted by atomic mass is 14.9. The third kappa shape index (κ3) is 2.98. The first kappa shape index (κ1) is 9.79. The van der Waals surface area contributed by atoms with E-state index in [2.05, 4.69) is 18.8 Å². The van der Waals surface area contributed by atoms with Gasteiger partial charge in [0.05, 0.1) is 0 Å². The predicted molar refractivity (Wildman–Crippen MR) is 54.2 cm³/mol.